The van der Waals surface area contributed by atoms with E-state index >= 15 is 0 Å². The second-order valence-electron chi connectivity index (χ2n) is 3.96. The molecule has 0 nitrogen and oxygen atoms in total. The van der Waals surface area contributed by atoms with Crippen LogP contribution >= 0.6 is 0 Å². The zero-order valence-electron chi connectivity index (χ0n) is 12.3. The quantitative estimate of drug-likeness (QED) is 0.358. The fraction of sp³-hybridized carbons (Fsp3) is 0.444. The van der Waals surface area contributed by atoms with Crippen LogP contribution in [0.3, 0.4) is 0 Å². The maximum atomic E-state index is 3.60. The van der Waals surface area contributed by atoms with Gasteiger partial charge in [0.15, 0.2) is 0 Å². The molecule has 0 unspecified atom stereocenters. The molecule has 1 rings (SSSR count). The van der Waals surface area contributed by atoms with E-state index in [1.807, 2.05) is 12.2 Å². The number of rotatable bonds is 4. The molecule has 1 aliphatic rings. The molecular formula is C18H30Pt. The van der Waals surface area contributed by atoms with E-state index in [1.165, 1.54) is 25.7 Å². The molecule has 0 saturated heterocycles. The molecule has 0 aromatic rings. The first kappa shape index (κ1) is 23.7. The predicted octanol–water partition coefficient (Wildman–Crippen LogP) is 6.24. The molecule has 0 saturated carbocycles. The van der Waals surface area contributed by atoms with E-state index in [1.54, 1.807) is 0 Å². The van der Waals surface area contributed by atoms with Crippen molar-refractivity contribution in [3.05, 3.63) is 63.5 Å². The van der Waals surface area contributed by atoms with Crippen LogP contribution in [0.5, 0.6) is 0 Å². The largest absolute Gasteiger partial charge is 2.00 e. The van der Waals surface area contributed by atoms with Crippen molar-refractivity contribution < 1.29 is 21.1 Å². The second kappa shape index (κ2) is 26.3. The molecule has 0 spiro atoms. The summed E-state index contributed by atoms with van der Waals surface area (Å²) in [6.45, 7) is 14.2. The minimum absolute atomic E-state index is 0. The van der Waals surface area contributed by atoms with Crippen LogP contribution in [0.25, 0.3) is 0 Å². The van der Waals surface area contributed by atoms with Gasteiger partial charge in [0.2, 0.25) is 0 Å². The SMILES string of the molecule is C1=C\CC/C=C\CC/1.C=CCC[CH2-].C=CCC[CH2-].[Pt+2]. The van der Waals surface area contributed by atoms with Gasteiger partial charge in [-0.2, -0.15) is 12.8 Å². The van der Waals surface area contributed by atoms with Gasteiger partial charge in [0.05, 0.1) is 0 Å². The molecule has 0 bridgehead atoms. The average molecular weight is 442 g/mol. The summed E-state index contributed by atoms with van der Waals surface area (Å²) in [6, 6.07) is 0. The third-order valence-electron chi connectivity index (χ3n) is 2.15. The summed E-state index contributed by atoms with van der Waals surface area (Å²) in [5.74, 6) is 0. The van der Waals surface area contributed by atoms with Crippen molar-refractivity contribution in [1.82, 2.24) is 0 Å². The van der Waals surface area contributed by atoms with Gasteiger partial charge >= 0.3 is 21.1 Å². The van der Waals surface area contributed by atoms with Gasteiger partial charge in [-0.25, -0.2) is 0 Å². The summed E-state index contributed by atoms with van der Waals surface area (Å²) >= 11 is 0. The smallest absolute Gasteiger partial charge is 0.343 e. The van der Waals surface area contributed by atoms with E-state index in [0.717, 1.165) is 25.7 Å². The molecule has 0 aliphatic heterocycles. The molecule has 0 N–H and O–H groups in total. The van der Waals surface area contributed by atoms with Gasteiger partial charge in [0.1, 0.15) is 0 Å². The van der Waals surface area contributed by atoms with Crippen LogP contribution in [0.2, 0.25) is 0 Å². The van der Waals surface area contributed by atoms with Crippen molar-refractivity contribution in [2.45, 2.75) is 51.4 Å². The van der Waals surface area contributed by atoms with Crippen molar-refractivity contribution in [3.8, 4) is 0 Å². The molecular weight excluding hydrogens is 411 g/mol. The van der Waals surface area contributed by atoms with Crippen molar-refractivity contribution >= 4 is 0 Å². The van der Waals surface area contributed by atoms with Gasteiger partial charge in [-0.15, -0.1) is 13.2 Å². The van der Waals surface area contributed by atoms with Gasteiger partial charge in [-0.05, 0) is 25.7 Å². The first-order chi connectivity index (χ1) is 8.83. The number of hydrogen-bond acceptors (Lipinski definition) is 0. The Morgan fingerprint density at radius 1 is 0.737 bits per heavy atom. The molecule has 0 aromatic heterocycles. The van der Waals surface area contributed by atoms with Gasteiger partial charge in [-0.3, -0.25) is 0 Å². The Labute approximate surface area is 136 Å². The maximum Gasteiger partial charge on any atom is 2.00 e. The van der Waals surface area contributed by atoms with Crippen LogP contribution in [0, 0.1) is 13.8 Å². The summed E-state index contributed by atoms with van der Waals surface area (Å²) in [5, 5.41) is 0. The Morgan fingerprint density at radius 2 is 1.00 bits per heavy atom. The molecule has 0 atom stereocenters. The summed E-state index contributed by atoms with van der Waals surface area (Å²) in [5.41, 5.74) is 0. The monoisotopic (exact) mass is 441 g/mol. The topological polar surface area (TPSA) is 0 Å². The third kappa shape index (κ3) is 31.9. The average Bonchev–Trinajstić information content (AvgIpc) is 2.31. The number of allylic oxidation sites excluding steroid dienone is 6. The maximum absolute atomic E-state index is 3.60. The van der Waals surface area contributed by atoms with Crippen LogP contribution in [0.4, 0.5) is 0 Å². The van der Waals surface area contributed by atoms with Crippen LogP contribution < -0.4 is 0 Å². The van der Waals surface area contributed by atoms with E-state index < -0.39 is 0 Å². The van der Waals surface area contributed by atoms with Crippen LogP contribution in [-0.4, -0.2) is 0 Å². The molecule has 1 aliphatic carbocycles. The normalized spacial score (nSPS) is 15.7. The number of hydrogen-bond donors (Lipinski definition) is 0. The summed E-state index contributed by atoms with van der Waals surface area (Å²) in [4.78, 5) is 0. The van der Waals surface area contributed by atoms with Crippen molar-refractivity contribution in [1.29, 1.82) is 0 Å². The van der Waals surface area contributed by atoms with E-state index in [9.17, 15) is 0 Å². The molecule has 19 heavy (non-hydrogen) atoms. The van der Waals surface area contributed by atoms with Crippen LogP contribution in [0.1, 0.15) is 51.4 Å². The Morgan fingerprint density at radius 3 is 1.11 bits per heavy atom. The third-order valence-corrected chi connectivity index (χ3v) is 2.15. The van der Waals surface area contributed by atoms with Crippen molar-refractivity contribution in [2.75, 3.05) is 0 Å². The summed E-state index contributed by atoms with van der Waals surface area (Å²) < 4.78 is 0. The molecule has 0 heterocycles. The van der Waals surface area contributed by atoms with Gasteiger partial charge in [0, 0.05) is 0 Å². The van der Waals surface area contributed by atoms with Crippen LogP contribution in [-0.2, 0) is 21.1 Å². The molecule has 0 radical (unpaired) electrons. The first-order valence-electron chi connectivity index (χ1n) is 6.93. The fourth-order valence-corrected chi connectivity index (χ4v) is 1.14. The van der Waals surface area contributed by atoms with Gasteiger partial charge < -0.3 is 13.8 Å². The van der Waals surface area contributed by atoms with Gasteiger partial charge in [-0.1, -0.05) is 49.3 Å². The Bertz CT molecular complexity index is 178. The van der Waals surface area contributed by atoms with E-state index in [2.05, 4.69) is 51.3 Å². The number of unbranched alkanes of at least 4 members (excludes halogenated alkanes) is 2. The molecule has 0 aromatic carbocycles. The summed E-state index contributed by atoms with van der Waals surface area (Å²) in [6.07, 6.45) is 21.8. The first-order valence-corrected chi connectivity index (χ1v) is 6.93. The zero-order valence-corrected chi connectivity index (χ0v) is 14.5. The Balaban J connectivity index is -0.000000208. The second-order valence-corrected chi connectivity index (χ2v) is 3.96. The van der Waals surface area contributed by atoms with Crippen molar-refractivity contribution in [2.24, 2.45) is 0 Å². The fourth-order valence-electron chi connectivity index (χ4n) is 1.14. The summed E-state index contributed by atoms with van der Waals surface area (Å²) in [7, 11) is 0. The minimum atomic E-state index is 0. The zero-order chi connectivity index (χ0) is 13.9. The molecule has 0 fully saturated rings. The van der Waals surface area contributed by atoms with Gasteiger partial charge in [0.25, 0.3) is 0 Å². The Kier molecular flexibility index (Phi) is 32.8. The molecule has 0 amide bonds. The van der Waals surface area contributed by atoms with Crippen molar-refractivity contribution in [3.63, 3.8) is 0 Å². The Hall–Kier alpha value is -0.352. The van der Waals surface area contributed by atoms with E-state index in [0.29, 0.717) is 0 Å². The molecule has 1 heteroatoms. The predicted molar refractivity (Wildman–Crippen MR) is 86.3 cm³/mol. The van der Waals surface area contributed by atoms with E-state index in [4.69, 9.17) is 0 Å². The van der Waals surface area contributed by atoms with Crippen LogP contribution in [0.15, 0.2) is 49.6 Å². The minimum Gasteiger partial charge on any atom is -0.343 e. The molecule has 112 valence electrons. The van der Waals surface area contributed by atoms with E-state index in [-0.39, 0.29) is 21.1 Å². The standard InChI is InChI=1S/C8H12.2C5H9.Pt/c1-2-4-6-8-7-5-3-1;2*1-3-5-4-2;/h1-2,7-8H,3-6H2;2*3H,1-2,4-5H2;/q;2*-1;+2/b2-1-,8-7-;;;.